The minimum atomic E-state index is 0.217. The van der Waals surface area contributed by atoms with Crippen molar-refractivity contribution in [3.63, 3.8) is 0 Å². The molecular weight excluding hydrogens is 124 g/mol. The van der Waals surface area contributed by atoms with Crippen LogP contribution in [0, 0.1) is 5.92 Å². The molecule has 0 spiro atoms. The van der Waals surface area contributed by atoms with Gasteiger partial charge >= 0.3 is 0 Å². The molecular formula is C8H20N2. The molecule has 0 saturated carbocycles. The molecule has 0 heterocycles. The molecule has 0 rings (SSSR count). The lowest BCUT2D eigenvalue weighted by molar-refractivity contribution is 0.130. The molecule has 62 valence electrons. The summed E-state index contributed by atoms with van der Waals surface area (Å²) in [5.74, 6) is 0.544. The average molecular weight is 144 g/mol. The Labute approximate surface area is 64.4 Å². The van der Waals surface area contributed by atoms with Gasteiger partial charge in [-0.2, -0.15) is 0 Å². The van der Waals surface area contributed by atoms with E-state index in [-0.39, 0.29) is 5.54 Å². The van der Waals surface area contributed by atoms with E-state index < -0.39 is 0 Å². The molecule has 10 heavy (non-hydrogen) atoms. The van der Waals surface area contributed by atoms with Crippen LogP contribution in [0.2, 0.25) is 0 Å². The third-order valence-corrected chi connectivity index (χ3v) is 2.71. The van der Waals surface area contributed by atoms with Crippen LogP contribution in [-0.4, -0.2) is 31.1 Å². The lowest BCUT2D eigenvalue weighted by Crippen LogP contribution is -2.46. The van der Waals surface area contributed by atoms with E-state index in [2.05, 4.69) is 39.8 Å². The molecule has 1 atom stereocenters. The van der Waals surface area contributed by atoms with Crippen LogP contribution >= 0.6 is 0 Å². The van der Waals surface area contributed by atoms with Crippen LogP contribution in [-0.2, 0) is 0 Å². The number of rotatable bonds is 3. The molecule has 0 aromatic heterocycles. The zero-order valence-electron chi connectivity index (χ0n) is 7.81. The molecule has 0 radical (unpaired) electrons. The number of nitrogens with zero attached hydrogens (tertiary/aromatic N) is 1. The van der Waals surface area contributed by atoms with Gasteiger partial charge < -0.3 is 10.6 Å². The van der Waals surface area contributed by atoms with Crippen molar-refractivity contribution in [1.29, 1.82) is 0 Å². The first-order valence-electron chi connectivity index (χ1n) is 3.80. The maximum absolute atomic E-state index is 5.57. The summed E-state index contributed by atoms with van der Waals surface area (Å²) in [5.41, 5.74) is 5.79. The van der Waals surface area contributed by atoms with Gasteiger partial charge in [0.2, 0.25) is 0 Å². The topological polar surface area (TPSA) is 29.3 Å². The fourth-order valence-corrected chi connectivity index (χ4v) is 0.729. The van der Waals surface area contributed by atoms with Gasteiger partial charge in [-0.15, -0.1) is 0 Å². The normalized spacial score (nSPS) is 15.9. The van der Waals surface area contributed by atoms with Crippen LogP contribution in [0.1, 0.15) is 20.8 Å². The van der Waals surface area contributed by atoms with Crippen molar-refractivity contribution in [2.24, 2.45) is 11.7 Å². The maximum atomic E-state index is 5.57. The highest BCUT2D eigenvalue weighted by Gasteiger charge is 2.26. The summed E-state index contributed by atoms with van der Waals surface area (Å²) >= 11 is 0. The first kappa shape index (κ1) is 9.92. The third kappa shape index (κ3) is 1.96. The predicted octanol–water partition coefficient (Wildman–Crippen LogP) is 0.921. The summed E-state index contributed by atoms with van der Waals surface area (Å²) in [6, 6.07) is 0. The van der Waals surface area contributed by atoms with Gasteiger partial charge in [-0.25, -0.2) is 0 Å². The third-order valence-electron chi connectivity index (χ3n) is 2.71. The van der Waals surface area contributed by atoms with Gasteiger partial charge in [0, 0.05) is 5.54 Å². The molecule has 1 unspecified atom stereocenters. The van der Waals surface area contributed by atoms with Crippen molar-refractivity contribution in [2.45, 2.75) is 26.3 Å². The molecule has 0 aliphatic heterocycles. The summed E-state index contributed by atoms with van der Waals surface area (Å²) in [5, 5.41) is 0. The Balaban J connectivity index is 4.09. The largest absolute Gasteiger partial charge is 0.330 e. The molecule has 2 nitrogen and oxygen atoms in total. The lowest BCUT2D eigenvalue weighted by atomic mass is 9.88. The second kappa shape index (κ2) is 3.35. The van der Waals surface area contributed by atoms with Crippen molar-refractivity contribution < 1.29 is 0 Å². The van der Waals surface area contributed by atoms with Crippen molar-refractivity contribution in [2.75, 3.05) is 20.6 Å². The number of nitrogens with two attached hydrogens (primary N) is 1. The Bertz CT molecular complexity index is 97.4. The van der Waals surface area contributed by atoms with E-state index >= 15 is 0 Å². The highest BCUT2D eigenvalue weighted by atomic mass is 15.1. The standard InChI is InChI=1S/C8H20N2/c1-7(6-9)8(2,3)10(4)5/h7H,6,9H2,1-5H3. The lowest BCUT2D eigenvalue weighted by Gasteiger charge is -2.37. The minimum Gasteiger partial charge on any atom is -0.330 e. The Kier molecular flexibility index (Phi) is 3.33. The van der Waals surface area contributed by atoms with Crippen LogP contribution in [0.15, 0.2) is 0 Å². The molecule has 0 aliphatic rings. The molecule has 2 heteroatoms. The van der Waals surface area contributed by atoms with E-state index in [1.54, 1.807) is 0 Å². The fraction of sp³-hybridized carbons (Fsp3) is 1.00. The Morgan fingerprint density at radius 1 is 1.40 bits per heavy atom. The molecule has 0 saturated heterocycles. The minimum absolute atomic E-state index is 0.217. The summed E-state index contributed by atoms with van der Waals surface area (Å²) in [6.07, 6.45) is 0. The van der Waals surface area contributed by atoms with Crippen molar-refractivity contribution >= 4 is 0 Å². The van der Waals surface area contributed by atoms with E-state index in [1.165, 1.54) is 0 Å². The van der Waals surface area contributed by atoms with E-state index in [0.717, 1.165) is 6.54 Å². The fourth-order valence-electron chi connectivity index (χ4n) is 0.729. The van der Waals surface area contributed by atoms with Gasteiger partial charge in [0.1, 0.15) is 0 Å². The summed E-state index contributed by atoms with van der Waals surface area (Å²) in [7, 11) is 4.18. The zero-order valence-corrected chi connectivity index (χ0v) is 7.81. The number of hydrogen-bond donors (Lipinski definition) is 1. The van der Waals surface area contributed by atoms with Crippen LogP contribution in [0.3, 0.4) is 0 Å². The van der Waals surface area contributed by atoms with E-state index in [9.17, 15) is 0 Å². The van der Waals surface area contributed by atoms with Crippen molar-refractivity contribution in [3.05, 3.63) is 0 Å². The Hall–Kier alpha value is -0.0800. The summed E-state index contributed by atoms with van der Waals surface area (Å²) in [6.45, 7) is 7.36. The highest BCUT2D eigenvalue weighted by Crippen LogP contribution is 2.19. The van der Waals surface area contributed by atoms with Crippen molar-refractivity contribution in [1.82, 2.24) is 4.90 Å². The van der Waals surface area contributed by atoms with Crippen LogP contribution < -0.4 is 5.73 Å². The van der Waals surface area contributed by atoms with Gasteiger partial charge in [-0.1, -0.05) is 6.92 Å². The Morgan fingerprint density at radius 2 is 1.80 bits per heavy atom. The van der Waals surface area contributed by atoms with E-state index in [1.807, 2.05) is 0 Å². The number of hydrogen-bond acceptors (Lipinski definition) is 2. The molecule has 0 aliphatic carbocycles. The molecule has 0 bridgehead atoms. The van der Waals surface area contributed by atoms with Crippen LogP contribution in [0.25, 0.3) is 0 Å². The molecule has 0 fully saturated rings. The molecule has 2 N–H and O–H groups in total. The Morgan fingerprint density at radius 3 is 1.90 bits per heavy atom. The average Bonchev–Trinajstić information content (AvgIpc) is 1.86. The predicted molar refractivity (Wildman–Crippen MR) is 46.0 cm³/mol. The SMILES string of the molecule is CC(CN)C(C)(C)N(C)C. The van der Waals surface area contributed by atoms with Gasteiger partial charge in [0.05, 0.1) is 0 Å². The zero-order chi connectivity index (χ0) is 8.36. The van der Waals surface area contributed by atoms with E-state index in [0.29, 0.717) is 5.92 Å². The van der Waals surface area contributed by atoms with Crippen LogP contribution in [0.5, 0.6) is 0 Å². The first-order valence-corrected chi connectivity index (χ1v) is 3.80. The summed E-state index contributed by atoms with van der Waals surface area (Å²) < 4.78 is 0. The van der Waals surface area contributed by atoms with Crippen molar-refractivity contribution in [3.8, 4) is 0 Å². The van der Waals surface area contributed by atoms with Gasteiger partial charge in [-0.3, -0.25) is 0 Å². The smallest absolute Gasteiger partial charge is 0.0184 e. The summed E-state index contributed by atoms with van der Waals surface area (Å²) in [4.78, 5) is 2.21. The van der Waals surface area contributed by atoms with E-state index in [4.69, 9.17) is 5.73 Å². The monoisotopic (exact) mass is 144 g/mol. The first-order chi connectivity index (χ1) is 4.42. The molecule has 0 aromatic carbocycles. The maximum Gasteiger partial charge on any atom is 0.0184 e. The second-order valence-electron chi connectivity index (χ2n) is 3.68. The second-order valence-corrected chi connectivity index (χ2v) is 3.68. The van der Waals surface area contributed by atoms with Gasteiger partial charge in [0.15, 0.2) is 0 Å². The van der Waals surface area contributed by atoms with Gasteiger partial charge in [-0.05, 0) is 40.4 Å². The van der Waals surface area contributed by atoms with Crippen LogP contribution in [0.4, 0.5) is 0 Å². The highest BCUT2D eigenvalue weighted by molar-refractivity contribution is 4.83. The molecule has 0 amide bonds. The quantitative estimate of drug-likeness (QED) is 0.638. The van der Waals surface area contributed by atoms with Gasteiger partial charge in [0.25, 0.3) is 0 Å². The molecule has 0 aromatic rings.